The highest BCUT2D eigenvalue weighted by Crippen LogP contribution is 2.28. The second kappa shape index (κ2) is 5.47. The summed E-state index contributed by atoms with van der Waals surface area (Å²) in [6.45, 7) is 3.57. The molecule has 0 aromatic rings. The molecule has 1 fully saturated rings. The van der Waals surface area contributed by atoms with Gasteiger partial charge in [-0.15, -0.1) is 0 Å². The number of methoxy groups -OCH3 is 1. The van der Waals surface area contributed by atoms with Crippen molar-refractivity contribution >= 4 is 5.97 Å². The van der Waals surface area contributed by atoms with Crippen molar-refractivity contribution in [2.24, 2.45) is 5.92 Å². The van der Waals surface area contributed by atoms with Crippen LogP contribution in [0.2, 0.25) is 0 Å². The van der Waals surface area contributed by atoms with Gasteiger partial charge in [0.05, 0.1) is 31.3 Å². The van der Waals surface area contributed by atoms with Crippen molar-refractivity contribution in [2.45, 2.75) is 51.4 Å². The first-order chi connectivity index (χ1) is 7.04. The second-order valence-corrected chi connectivity index (χ2v) is 4.27. The fourth-order valence-corrected chi connectivity index (χ4v) is 1.99. The predicted molar refractivity (Wildman–Crippen MR) is 55.4 cm³/mol. The van der Waals surface area contributed by atoms with Crippen LogP contribution >= 0.6 is 0 Å². The van der Waals surface area contributed by atoms with Gasteiger partial charge in [-0.1, -0.05) is 0 Å². The third kappa shape index (κ3) is 3.47. The monoisotopic (exact) mass is 216 g/mol. The van der Waals surface area contributed by atoms with Crippen molar-refractivity contribution in [3.63, 3.8) is 0 Å². The molecule has 0 saturated carbocycles. The zero-order valence-electron chi connectivity index (χ0n) is 9.60. The van der Waals surface area contributed by atoms with E-state index < -0.39 is 0 Å². The van der Waals surface area contributed by atoms with Crippen LogP contribution in [0.1, 0.15) is 33.1 Å². The molecule has 4 nitrogen and oxygen atoms in total. The van der Waals surface area contributed by atoms with E-state index in [2.05, 4.69) is 4.74 Å². The molecule has 1 N–H and O–H groups in total. The van der Waals surface area contributed by atoms with Crippen LogP contribution in [-0.2, 0) is 14.3 Å². The lowest BCUT2D eigenvalue weighted by Gasteiger charge is -2.18. The van der Waals surface area contributed by atoms with E-state index in [4.69, 9.17) is 4.74 Å². The lowest BCUT2D eigenvalue weighted by molar-refractivity contribution is -0.150. The van der Waals surface area contributed by atoms with Crippen LogP contribution in [0.15, 0.2) is 0 Å². The SMILES string of the molecule is COC(=O)C(C)C1CC[C@@H](C[C@@H](C)O)O1. The highest BCUT2D eigenvalue weighted by atomic mass is 16.5. The molecule has 4 atom stereocenters. The average Bonchev–Trinajstić information content (AvgIpc) is 2.63. The number of hydrogen-bond donors (Lipinski definition) is 1. The van der Waals surface area contributed by atoms with Crippen LogP contribution in [0.25, 0.3) is 0 Å². The molecule has 2 unspecified atom stereocenters. The van der Waals surface area contributed by atoms with Gasteiger partial charge < -0.3 is 14.6 Å². The molecular weight excluding hydrogens is 196 g/mol. The Kier molecular flexibility index (Phi) is 4.54. The van der Waals surface area contributed by atoms with Gasteiger partial charge in [0.15, 0.2) is 0 Å². The molecule has 0 aliphatic carbocycles. The molecule has 1 aliphatic heterocycles. The first kappa shape index (κ1) is 12.5. The number of carbonyl (C=O) groups is 1. The molecule has 0 spiro atoms. The van der Waals surface area contributed by atoms with Crippen molar-refractivity contribution in [3.05, 3.63) is 0 Å². The summed E-state index contributed by atoms with van der Waals surface area (Å²) in [6, 6.07) is 0. The number of aliphatic hydroxyl groups excluding tert-OH is 1. The normalized spacial score (nSPS) is 29.9. The largest absolute Gasteiger partial charge is 0.469 e. The number of esters is 1. The first-order valence-corrected chi connectivity index (χ1v) is 5.46. The Labute approximate surface area is 90.6 Å². The number of aliphatic hydroxyl groups is 1. The van der Waals surface area contributed by atoms with E-state index in [0.29, 0.717) is 6.42 Å². The molecule has 0 aromatic carbocycles. The summed E-state index contributed by atoms with van der Waals surface area (Å²) in [6.07, 6.45) is 2.11. The Hall–Kier alpha value is -0.610. The van der Waals surface area contributed by atoms with E-state index in [-0.39, 0.29) is 30.2 Å². The number of rotatable bonds is 4. The molecule has 0 amide bonds. The summed E-state index contributed by atoms with van der Waals surface area (Å²) in [5.41, 5.74) is 0. The summed E-state index contributed by atoms with van der Waals surface area (Å²) < 4.78 is 10.4. The minimum absolute atomic E-state index is 0.0544. The fourth-order valence-electron chi connectivity index (χ4n) is 1.99. The lowest BCUT2D eigenvalue weighted by Crippen LogP contribution is -2.27. The van der Waals surface area contributed by atoms with Crippen molar-refractivity contribution in [1.29, 1.82) is 0 Å². The van der Waals surface area contributed by atoms with Crippen molar-refractivity contribution in [1.82, 2.24) is 0 Å². The van der Waals surface area contributed by atoms with Gasteiger partial charge in [0, 0.05) is 0 Å². The maximum Gasteiger partial charge on any atom is 0.311 e. The molecule has 15 heavy (non-hydrogen) atoms. The van der Waals surface area contributed by atoms with Gasteiger partial charge in [0.2, 0.25) is 0 Å². The maximum absolute atomic E-state index is 11.3. The van der Waals surface area contributed by atoms with Gasteiger partial charge in [0.1, 0.15) is 0 Å². The third-order valence-electron chi connectivity index (χ3n) is 2.88. The summed E-state index contributed by atoms with van der Waals surface area (Å²) >= 11 is 0. The predicted octanol–water partition coefficient (Wildman–Crippen LogP) is 1.11. The van der Waals surface area contributed by atoms with E-state index in [1.165, 1.54) is 7.11 Å². The lowest BCUT2D eigenvalue weighted by atomic mass is 10.0. The summed E-state index contributed by atoms with van der Waals surface area (Å²) in [5.74, 6) is -0.438. The van der Waals surface area contributed by atoms with Gasteiger partial charge in [-0.3, -0.25) is 4.79 Å². The molecule has 0 radical (unpaired) electrons. The van der Waals surface area contributed by atoms with Crippen LogP contribution in [0, 0.1) is 5.92 Å². The van der Waals surface area contributed by atoms with Gasteiger partial charge in [-0.2, -0.15) is 0 Å². The van der Waals surface area contributed by atoms with E-state index in [0.717, 1.165) is 12.8 Å². The van der Waals surface area contributed by atoms with Gasteiger partial charge >= 0.3 is 5.97 Å². The number of ether oxygens (including phenoxy) is 2. The molecule has 88 valence electrons. The molecule has 1 heterocycles. The van der Waals surface area contributed by atoms with Crippen molar-refractivity contribution in [3.8, 4) is 0 Å². The fraction of sp³-hybridized carbons (Fsp3) is 0.909. The summed E-state index contributed by atoms with van der Waals surface area (Å²) in [7, 11) is 1.39. The van der Waals surface area contributed by atoms with Crippen LogP contribution < -0.4 is 0 Å². The van der Waals surface area contributed by atoms with E-state index in [1.807, 2.05) is 6.92 Å². The standard InChI is InChI=1S/C11H20O4/c1-7(12)6-9-4-5-10(15-9)8(2)11(13)14-3/h7-10,12H,4-6H2,1-3H3/t7-,8?,9+,10?/m1/s1. The minimum atomic E-state index is -0.345. The molecule has 0 aromatic heterocycles. The molecule has 1 rings (SSSR count). The van der Waals surface area contributed by atoms with Crippen molar-refractivity contribution in [2.75, 3.05) is 7.11 Å². The van der Waals surface area contributed by atoms with Crippen LogP contribution in [0.3, 0.4) is 0 Å². The Morgan fingerprint density at radius 2 is 2.20 bits per heavy atom. The molecule has 1 aliphatic rings. The average molecular weight is 216 g/mol. The highest BCUT2D eigenvalue weighted by Gasteiger charge is 2.33. The summed E-state index contributed by atoms with van der Waals surface area (Å²) in [5, 5.41) is 9.22. The molecule has 4 heteroatoms. The van der Waals surface area contributed by atoms with E-state index >= 15 is 0 Å². The van der Waals surface area contributed by atoms with E-state index in [1.54, 1.807) is 6.92 Å². The Bertz CT molecular complexity index is 215. The Balaban J connectivity index is 2.38. The quantitative estimate of drug-likeness (QED) is 0.715. The molecule has 1 saturated heterocycles. The van der Waals surface area contributed by atoms with Gasteiger partial charge in [0.25, 0.3) is 0 Å². The highest BCUT2D eigenvalue weighted by molar-refractivity contribution is 5.72. The zero-order valence-corrected chi connectivity index (χ0v) is 9.60. The third-order valence-corrected chi connectivity index (χ3v) is 2.88. The number of hydrogen-bond acceptors (Lipinski definition) is 4. The van der Waals surface area contributed by atoms with Crippen LogP contribution in [0.4, 0.5) is 0 Å². The van der Waals surface area contributed by atoms with Crippen molar-refractivity contribution < 1.29 is 19.4 Å². The maximum atomic E-state index is 11.3. The summed E-state index contributed by atoms with van der Waals surface area (Å²) in [4.78, 5) is 11.3. The van der Waals surface area contributed by atoms with Crippen LogP contribution in [-0.4, -0.2) is 36.5 Å². The smallest absolute Gasteiger partial charge is 0.311 e. The zero-order chi connectivity index (χ0) is 11.4. The minimum Gasteiger partial charge on any atom is -0.469 e. The molecular formula is C11H20O4. The van der Waals surface area contributed by atoms with E-state index in [9.17, 15) is 9.90 Å². The Morgan fingerprint density at radius 3 is 2.73 bits per heavy atom. The van der Waals surface area contributed by atoms with Gasteiger partial charge in [-0.05, 0) is 33.1 Å². The number of carbonyl (C=O) groups excluding carboxylic acids is 1. The first-order valence-electron chi connectivity index (χ1n) is 5.46. The van der Waals surface area contributed by atoms with Crippen LogP contribution in [0.5, 0.6) is 0 Å². The molecule has 0 bridgehead atoms. The second-order valence-electron chi connectivity index (χ2n) is 4.27. The Morgan fingerprint density at radius 1 is 1.53 bits per heavy atom. The topological polar surface area (TPSA) is 55.8 Å². The van der Waals surface area contributed by atoms with Gasteiger partial charge in [-0.25, -0.2) is 0 Å².